The summed E-state index contributed by atoms with van der Waals surface area (Å²) in [6.45, 7) is 6.01. The van der Waals surface area contributed by atoms with Gasteiger partial charge in [-0.05, 0) is 37.3 Å². The highest BCUT2D eigenvalue weighted by molar-refractivity contribution is 5.97. The highest BCUT2D eigenvalue weighted by atomic mass is 16.1. The normalized spacial score (nSPS) is 11.9. The van der Waals surface area contributed by atoms with Gasteiger partial charge in [0.05, 0.1) is 5.52 Å². The van der Waals surface area contributed by atoms with Gasteiger partial charge < -0.3 is 14.5 Å². The number of hydrogen-bond donors (Lipinski definition) is 1. The second-order valence-corrected chi connectivity index (χ2v) is 8.64. The van der Waals surface area contributed by atoms with Crippen LogP contribution in [0.15, 0.2) is 78.5 Å². The number of nitrogens with zero attached hydrogens (tertiary/aromatic N) is 5. The zero-order valence-electron chi connectivity index (χ0n) is 19.7. The number of rotatable bonds is 5. The molecule has 7 nitrogen and oxygen atoms in total. The third-order valence-electron chi connectivity index (χ3n) is 5.86. The molecule has 0 spiro atoms. The Morgan fingerprint density at radius 2 is 1.94 bits per heavy atom. The molecule has 0 aliphatic rings. The van der Waals surface area contributed by atoms with E-state index >= 15 is 0 Å². The Morgan fingerprint density at radius 3 is 2.65 bits per heavy atom. The third-order valence-corrected chi connectivity index (χ3v) is 5.86. The summed E-state index contributed by atoms with van der Waals surface area (Å²) in [7, 11) is 5.66. The molecule has 1 aromatic carbocycles. The van der Waals surface area contributed by atoms with Gasteiger partial charge in [-0.1, -0.05) is 30.4 Å². The van der Waals surface area contributed by atoms with Gasteiger partial charge in [0.15, 0.2) is 5.65 Å². The quantitative estimate of drug-likeness (QED) is 0.395. The summed E-state index contributed by atoms with van der Waals surface area (Å²) >= 11 is 0. The van der Waals surface area contributed by atoms with Crippen molar-refractivity contribution in [1.29, 1.82) is 0 Å². The lowest BCUT2D eigenvalue weighted by Crippen LogP contribution is -2.17. The lowest BCUT2D eigenvalue weighted by molar-refractivity contribution is 0.566. The molecule has 4 heterocycles. The minimum Gasteiger partial charge on any atom is -0.383 e. The molecule has 0 bridgehead atoms. The van der Waals surface area contributed by atoms with Crippen molar-refractivity contribution in [3.63, 3.8) is 0 Å². The minimum atomic E-state index is -0.102. The van der Waals surface area contributed by atoms with E-state index in [2.05, 4.69) is 52.3 Å². The van der Waals surface area contributed by atoms with Gasteiger partial charge >= 0.3 is 0 Å². The fourth-order valence-corrected chi connectivity index (χ4v) is 4.23. The predicted octanol–water partition coefficient (Wildman–Crippen LogP) is 4.66. The fourth-order valence-electron chi connectivity index (χ4n) is 4.23. The minimum absolute atomic E-state index is 0.102. The zero-order valence-corrected chi connectivity index (χ0v) is 19.7. The maximum atomic E-state index is 13.1. The van der Waals surface area contributed by atoms with Crippen molar-refractivity contribution in [3.05, 3.63) is 95.3 Å². The molecular weight excluding hydrogens is 424 g/mol. The Kier molecular flexibility index (Phi) is 5.17. The number of aromatic nitrogens is 5. The first-order valence-corrected chi connectivity index (χ1v) is 11.0. The first-order valence-electron chi connectivity index (χ1n) is 11.0. The monoisotopic (exact) mass is 450 g/mol. The number of H-pyrrole nitrogens is 1. The Balaban J connectivity index is 1.85. The number of allylic oxidation sites excluding steroid dienone is 2. The van der Waals surface area contributed by atoms with Crippen LogP contribution in [0.1, 0.15) is 11.3 Å². The number of nitrogens with one attached hydrogen (secondary N) is 1. The number of hydrogen-bond acceptors (Lipinski definition) is 4. The summed E-state index contributed by atoms with van der Waals surface area (Å²) in [5, 5.41) is 0.799. The van der Waals surface area contributed by atoms with Gasteiger partial charge in [0.1, 0.15) is 11.3 Å². The maximum absolute atomic E-state index is 13.1. The lowest BCUT2D eigenvalue weighted by atomic mass is 10.1. The summed E-state index contributed by atoms with van der Waals surface area (Å²) in [4.78, 5) is 27.7. The summed E-state index contributed by atoms with van der Waals surface area (Å²) in [6, 6.07) is 14.2. The number of benzene rings is 1. The molecule has 0 aliphatic heterocycles. The van der Waals surface area contributed by atoms with E-state index in [0.29, 0.717) is 11.2 Å². The molecule has 4 aromatic heterocycles. The highest BCUT2D eigenvalue weighted by Crippen LogP contribution is 2.33. The number of aryl methyl sites for hydroxylation is 2. The van der Waals surface area contributed by atoms with Crippen molar-refractivity contribution in [3.8, 4) is 17.1 Å². The van der Waals surface area contributed by atoms with Crippen LogP contribution in [0.2, 0.25) is 0 Å². The van der Waals surface area contributed by atoms with Gasteiger partial charge in [0.25, 0.3) is 5.56 Å². The molecule has 0 fully saturated rings. The Labute approximate surface area is 197 Å². The van der Waals surface area contributed by atoms with E-state index in [-0.39, 0.29) is 5.56 Å². The molecule has 34 heavy (non-hydrogen) atoms. The molecule has 5 rings (SSSR count). The highest BCUT2D eigenvalue weighted by Gasteiger charge is 2.20. The number of fused-ring (bicyclic) bond motifs is 2. The summed E-state index contributed by atoms with van der Waals surface area (Å²) < 4.78 is 3.69. The molecule has 0 atom stereocenters. The summed E-state index contributed by atoms with van der Waals surface area (Å²) in [5.74, 6) is 0.723. The van der Waals surface area contributed by atoms with Crippen molar-refractivity contribution in [1.82, 2.24) is 29.0 Å². The van der Waals surface area contributed by atoms with E-state index in [9.17, 15) is 4.79 Å². The van der Waals surface area contributed by atoms with E-state index < -0.39 is 0 Å². The molecular formula is C27H26N6O. The Hall–Kier alpha value is -4.39. The second-order valence-electron chi connectivity index (χ2n) is 8.64. The van der Waals surface area contributed by atoms with Crippen LogP contribution in [0, 0.1) is 6.92 Å². The van der Waals surface area contributed by atoms with Gasteiger partial charge in [-0.3, -0.25) is 9.36 Å². The van der Waals surface area contributed by atoms with Gasteiger partial charge in [-0.15, -0.1) is 0 Å². The zero-order chi connectivity index (χ0) is 24.0. The lowest BCUT2D eigenvalue weighted by Gasteiger charge is -2.11. The fraction of sp³-hybridized carbons (Fsp3) is 0.148. The van der Waals surface area contributed by atoms with Crippen LogP contribution in [-0.4, -0.2) is 43.1 Å². The van der Waals surface area contributed by atoms with Crippen molar-refractivity contribution in [2.24, 2.45) is 7.05 Å². The summed E-state index contributed by atoms with van der Waals surface area (Å²) in [5.41, 5.74) is 6.68. The van der Waals surface area contributed by atoms with Crippen molar-refractivity contribution < 1.29 is 0 Å². The summed E-state index contributed by atoms with van der Waals surface area (Å²) in [6.07, 6.45) is 7.33. The topological polar surface area (TPSA) is 71.7 Å². The smallest absolute Gasteiger partial charge is 0.274 e. The molecule has 0 amide bonds. The average Bonchev–Trinajstić information content (AvgIpc) is 3.43. The standard InChI is InChI=1S/C27H26N6O/c1-6-18(15-31(3)4)22-14-20-21(16-32(5)27(34)24(20)29-22)26-30-25-23(8-7-13-28-25)33(26)19-11-9-17(2)10-12-19/h6-16,29H,1H2,2-5H3/b18-15+. The molecule has 5 aromatic rings. The second kappa shape index (κ2) is 8.19. The first-order chi connectivity index (χ1) is 16.4. The Morgan fingerprint density at radius 1 is 1.18 bits per heavy atom. The molecule has 0 saturated heterocycles. The van der Waals surface area contributed by atoms with Crippen LogP contribution < -0.4 is 5.56 Å². The molecule has 0 aliphatic carbocycles. The number of aromatic amines is 1. The van der Waals surface area contributed by atoms with Crippen LogP contribution >= 0.6 is 0 Å². The molecule has 0 radical (unpaired) electrons. The molecule has 0 unspecified atom stereocenters. The van der Waals surface area contributed by atoms with Crippen LogP contribution in [-0.2, 0) is 7.05 Å². The van der Waals surface area contributed by atoms with E-state index in [1.807, 2.05) is 49.6 Å². The molecule has 0 saturated carbocycles. The largest absolute Gasteiger partial charge is 0.383 e. The van der Waals surface area contributed by atoms with Gasteiger partial charge in [-0.2, -0.15) is 0 Å². The third kappa shape index (κ3) is 3.51. The van der Waals surface area contributed by atoms with Crippen LogP contribution in [0.25, 0.3) is 44.7 Å². The van der Waals surface area contributed by atoms with Crippen molar-refractivity contribution in [2.75, 3.05) is 14.1 Å². The van der Waals surface area contributed by atoms with Gasteiger partial charge in [-0.25, -0.2) is 9.97 Å². The SMILES string of the molecule is C=C/C(=C\N(C)C)c1cc2c(-c3nc4ncccc4n3-c3ccc(C)cc3)cn(C)c(=O)c2[nH]1. The maximum Gasteiger partial charge on any atom is 0.274 e. The van der Waals surface area contributed by atoms with Crippen molar-refractivity contribution in [2.45, 2.75) is 6.92 Å². The number of imidazole rings is 1. The van der Waals surface area contributed by atoms with E-state index in [1.165, 1.54) is 5.56 Å². The first kappa shape index (κ1) is 21.5. The molecule has 170 valence electrons. The predicted molar refractivity (Wildman–Crippen MR) is 138 cm³/mol. The number of pyridine rings is 2. The van der Waals surface area contributed by atoms with E-state index in [4.69, 9.17) is 4.98 Å². The van der Waals surface area contributed by atoms with Crippen LogP contribution in [0.5, 0.6) is 0 Å². The van der Waals surface area contributed by atoms with Crippen LogP contribution in [0.3, 0.4) is 0 Å². The molecule has 7 heteroatoms. The van der Waals surface area contributed by atoms with Crippen LogP contribution in [0.4, 0.5) is 0 Å². The average molecular weight is 451 g/mol. The van der Waals surface area contributed by atoms with Crippen molar-refractivity contribution >= 4 is 27.6 Å². The Bertz CT molecular complexity index is 1630. The van der Waals surface area contributed by atoms with Gasteiger partial charge in [0.2, 0.25) is 0 Å². The van der Waals surface area contributed by atoms with E-state index in [0.717, 1.165) is 39.2 Å². The van der Waals surface area contributed by atoms with E-state index in [1.54, 1.807) is 23.9 Å². The molecule has 1 N–H and O–H groups in total. The van der Waals surface area contributed by atoms with Gasteiger partial charge in [0, 0.05) is 67.6 Å².